The Kier molecular flexibility index (Phi) is 3.12. The lowest BCUT2D eigenvalue weighted by Gasteiger charge is -2.19. The van der Waals surface area contributed by atoms with E-state index >= 15 is 0 Å². The number of fused-ring (bicyclic) bond motifs is 1. The number of nitrogens with two attached hydrogens (primary N) is 1. The predicted molar refractivity (Wildman–Crippen MR) is 77.0 cm³/mol. The summed E-state index contributed by atoms with van der Waals surface area (Å²) in [6.45, 7) is 0. The summed E-state index contributed by atoms with van der Waals surface area (Å²) >= 11 is 3.24. The van der Waals surface area contributed by atoms with Gasteiger partial charge in [0.25, 0.3) is 5.56 Å². The van der Waals surface area contributed by atoms with Crippen LogP contribution in [0.2, 0.25) is 0 Å². The molecule has 5 nitrogen and oxygen atoms in total. The second kappa shape index (κ2) is 4.79. The van der Waals surface area contributed by atoms with Gasteiger partial charge in [0.05, 0.1) is 12.4 Å². The third-order valence-electron chi connectivity index (χ3n) is 3.36. The Morgan fingerprint density at radius 3 is 3.05 bits per heavy atom. The van der Waals surface area contributed by atoms with Crippen LogP contribution in [0, 0.1) is 0 Å². The van der Waals surface area contributed by atoms with Gasteiger partial charge < -0.3 is 16.0 Å². The monoisotopic (exact) mass is 320 g/mol. The molecule has 0 aliphatic heterocycles. The summed E-state index contributed by atoms with van der Waals surface area (Å²) in [6, 6.07) is 8.09. The maximum Gasteiger partial charge on any atom is 0.267 e. The number of nitrogens with one attached hydrogen (secondary N) is 2. The van der Waals surface area contributed by atoms with E-state index in [2.05, 4.69) is 43.3 Å². The van der Waals surface area contributed by atoms with E-state index in [0.29, 0.717) is 10.3 Å². The topological polar surface area (TPSA) is 83.8 Å². The van der Waals surface area contributed by atoms with E-state index < -0.39 is 0 Å². The van der Waals surface area contributed by atoms with E-state index in [1.807, 2.05) is 12.1 Å². The number of hydrogen-bond donors (Lipinski definition) is 3. The Morgan fingerprint density at radius 2 is 2.21 bits per heavy atom. The number of hydrogen-bond acceptors (Lipinski definition) is 4. The van der Waals surface area contributed by atoms with Gasteiger partial charge in [-0.15, -0.1) is 0 Å². The first-order valence-electron chi connectivity index (χ1n) is 6.00. The molecule has 0 amide bonds. The number of H-pyrrole nitrogens is 1. The Labute approximate surface area is 118 Å². The van der Waals surface area contributed by atoms with E-state index in [-0.39, 0.29) is 17.6 Å². The van der Waals surface area contributed by atoms with Crippen LogP contribution < -0.4 is 16.6 Å². The highest BCUT2D eigenvalue weighted by atomic mass is 79.9. The van der Waals surface area contributed by atoms with Gasteiger partial charge in [0, 0.05) is 6.04 Å². The molecule has 0 fully saturated rings. The fraction of sp³-hybridized carbons (Fsp3) is 0.231. The molecule has 2 unspecified atom stereocenters. The largest absolute Gasteiger partial charge is 0.361 e. The molecule has 3 rings (SSSR count). The minimum atomic E-state index is -0.211. The Morgan fingerprint density at radius 1 is 1.42 bits per heavy atom. The number of rotatable bonds is 2. The zero-order valence-electron chi connectivity index (χ0n) is 10.1. The average molecular weight is 321 g/mol. The molecule has 19 heavy (non-hydrogen) atoms. The summed E-state index contributed by atoms with van der Waals surface area (Å²) in [5, 5.41) is 3.25. The molecule has 1 aromatic heterocycles. The van der Waals surface area contributed by atoms with Crippen LogP contribution in [0.15, 0.2) is 39.9 Å². The second-order valence-corrected chi connectivity index (χ2v) is 5.38. The third kappa shape index (κ3) is 2.17. The van der Waals surface area contributed by atoms with Crippen LogP contribution >= 0.6 is 15.9 Å². The molecule has 1 aromatic carbocycles. The van der Waals surface area contributed by atoms with Crippen molar-refractivity contribution in [2.45, 2.75) is 18.5 Å². The van der Waals surface area contributed by atoms with Crippen molar-refractivity contribution in [2.24, 2.45) is 5.73 Å². The highest BCUT2D eigenvalue weighted by Crippen LogP contribution is 2.33. The third-order valence-corrected chi connectivity index (χ3v) is 4.10. The molecular formula is C13H13BrN4O. The van der Waals surface area contributed by atoms with Crippen LogP contribution in [0.5, 0.6) is 0 Å². The fourth-order valence-electron chi connectivity index (χ4n) is 2.44. The lowest BCUT2D eigenvalue weighted by Crippen LogP contribution is -2.30. The van der Waals surface area contributed by atoms with Crippen LogP contribution in [-0.2, 0) is 6.42 Å². The molecule has 2 atom stereocenters. The highest BCUT2D eigenvalue weighted by molar-refractivity contribution is 9.10. The lowest BCUT2D eigenvalue weighted by atomic mass is 10.1. The number of benzene rings is 1. The summed E-state index contributed by atoms with van der Waals surface area (Å²) in [5.74, 6) is 0.515. The van der Waals surface area contributed by atoms with Crippen LogP contribution in [0.1, 0.15) is 17.2 Å². The second-order valence-electron chi connectivity index (χ2n) is 4.58. The normalized spacial score (nSPS) is 21.2. The van der Waals surface area contributed by atoms with Crippen molar-refractivity contribution in [1.29, 1.82) is 0 Å². The van der Waals surface area contributed by atoms with Gasteiger partial charge in [-0.1, -0.05) is 24.3 Å². The molecule has 4 N–H and O–H groups in total. The molecule has 2 aromatic rings. The number of halogens is 1. The molecule has 1 heterocycles. The molecule has 6 heteroatoms. The average Bonchev–Trinajstić information content (AvgIpc) is 2.72. The molecule has 0 saturated carbocycles. The molecule has 0 spiro atoms. The van der Waals surface area contributed by atoms with Crippen LogP contribution in [-0.4, -0.2) is 16.0 Å². The maximum atomic E-state index is 11.5. The predicted octanol–water partition coefficient (Wildman–Crippen LogP) is 1.57. The molecule has 0 bridgehead atoms. The number of anilines is 1. The molecule has 98 valence electrons. The zero-order chi connectivity index (χ0) is 13.4. The number of nitrogens with zero attached hydrogens (tertiary/aromatic N) is 1. The van der Waals surface area contributed by atoms with Crippen LogP contribution in [0.4, 0.5) is 5.82 Å². The van der Waals surface area contributed by atoms with Crippen molar-refractivity contribution < 1.29 is 0 Å². The summed E-state index contributed by atoms with van der Waals surface area (Å²) < 4.78 is 0.395. The SMILES string of the molecule is NC1Cc2ccccc2C1Nc1nc[nH]c(=O)c1Br. The first-order valence-corrected chi connectivity index (χ1v) is 6.79. The summed E-state index contributed by atoms with van der Waals surface area (Å²) in [7, 11) is 0. The molecular weight excluding hydrogens is 308 g/mol. The van der Waals surface area contributed by atoms with Gasteiger partial charge >= 0.3 is 0 Å². The minimum Gasteiger partial charge on any atom is -0.361 e. The van der Waals surface area contributed by atoms with Crippen molar-refractivity contribution in [2.75, 3.05) is 5.32 Å². The van der Waals surface area contributed by atoms with Crippen LogP contribution in [0.25, 0.3) is 0 Å². The zero-order valence-corrected chi connectivity index (χ0v) is 11.6. The van der Waals surface area contributed by atoms with Crippen molar-refractivity contribution in [1.82, 2.24) is 9.97 Å². The quantitative estimate of drug-likeness (QED) is 0.784. The van der Waals surface area contributed by atoms with Gasteiger partial charge in [0.15, 0.2) is 0 Å². The van der Waals surface area contributed by atoms with E-state index in [1.54, 1.807) is 0 Å². The van der Waals surface area contributed by atoms with Gasteiger partial charge in [-0.3, -0.25) is 4.79 Å². The van der Waals surface area contributed by atoms with E-state index in [0.717, 1.165) is 6.42 Å². The first-order chi connectivity index (χ1) is 9.16. The standard InChI is InChI=1S/C13H13BrN4O/c14-10-12(16-6-17-13(10)19)18-11-8-4-2-1-3-7(8)5-9(11)15/h1-4,6,9,11H,5,15H2,(H2,16,17,18,19). The lowest BCUT2D eigenvalue weighted by molar-refractivity contribution is 0.623. The highest BCUT2D eigenvalue weighted by Gasteiger charge is 2.30. The first kappa shape index (κ1) is 12.4. The molecule has 1 aliphatic carbocycles. The van der Waals surface area contributed by atoms with Crippen molar-refractivity contribution in [3.63, 3.8) is 0 Å². The number of aromatic nitrogens is 2. The summed E-state index contributed by atoms with van der Waals surface area (Å²) in [6.07, 6.45) is 2.20. The van der Waals surface area contributed by atoms with E-state index in [9.17, 15) is 4.79 Å². The molecule has 1 aliphatic rings. The summed E-state index contributed by atoms with van der Waals surface area (Å²) in [4.78, 5) is 18.2. The Bertz CT molecular complexity index is 670. The van der Waals surface area contributed by atoms with Gasteiger partial charge in [0.1, 0.15) is 10.3 Å². The van der Waals surface area contributed by atoms with Crippen molar-refractivity contribution >= 4 is 21.7 Å². The maximum absolute atomic E-state index is 11.5. The summed E-state index contributed by atoms with van der Waals surface area (Å²) in [5.41, 5.74) is 8.38. The van der Waals surface area contributed by atoms with E-state index in [1.165, 1.54) is 17.5 Å². The molecule has 0 radical (unpaired) electrons. The number of aromatic amines is 1. The van der Waals surface area contributed by atoms with Gasteiger partial charge in [0.2, 0.25) is 0 Å². The van der Waals surface area contributed by atoms with Crippen molar-refractivity contribution in [3.05, 3.63) is 56.5 Å². The molecule has 0 saturated heterocycles. The van der Waals surface area contributed by atoms with Gasteiger partial charge in [-0.05, 0) is 33.5 Å². The van der Waals surface area contributed by atoms with Gasteiger partial charge in [-0.25, -0.2) is 4.98 Å². The van der Waals surface area contributed by atoms with Crippen molar-refractivity contribution in [3.8, 4) is 0 Å². The van der Waals surface area contributed by atoms with Crippen LogP contribution in [0.3, 0.4) is 0 Å². The Balaban J connectivity index is 1.96. The van der Waals surface area contributed by atoms with Gasteiger partial charge in [-0.2, -0.15) is 0 Å². The minimum absolute atomic E-state index is 0.0228. The fourth-order valence-corrected chi connectivity index (χ4v) is 2.77. The smallest absolute Gasteiger partial charge is 0.267 e. The van der Waals surface area contributed by atoms with E-state index in [4.69, 9.17) is 5.73 Å². The Hall–Kier alpha value is -1.66.